The van der Waals surface area contributed by atoms with Gasteiger partial charge in [0.1, 0.15) is 6.61 Å². The number of hydrogen-bond donors (Lipinski definition) is 0. The van der Waals surface area contributed by atoms with Crippen LogP contribution in [-0.4, -0.2) is 42.8 Å². The van der Waals surface area contributed by atoms with Crippen LogP contribution >= 0.6 is 0 Å². The minimum Gasteiger partial charge on any atom is -0.466 e. The van der Waals surface area contributed by atoms with E-state index in [0.29, 0.717) is 26.2 Å². The Balaban J connectivity index is 2.17. The second-order valence-electron chi connectivity index (χ2n) is 3.31. The first-order valence-corrected chi connectivity index (χ1v) is 4.68. The number of carbonyl (C=O) groups excluding carboxylic acids is 2. The van der Waals surface area contributed by atoms with Crippen LogP contribution in [0, 0.1) is 0 Å². The van der Waals surface area contributed by atoms with Crippen molar-refractivity contribution in [2.24, 2.45) is 0 Å². The summed E-state index contributed by atoms with van der Waals surface area (Å²) in [5, 5.41) is 0. The van der Waals surface area contributed by atoms with Crippen LogP contribution in [0.2, 0.25) is 0 Å². The predicted octanol–water partition coefficient (Wildman–Crippen LogP) is 0.780. The summed E-state index contributed by atoms with van der Waals surface area (Å²) >= 11 is 0. The highest BCUT2D eigenvalue weighted by molar-refractivity contribution is 5.69. The summed E-state index contributed by atoms with van der Waals surface area (Å²) in [5.41, 5.74) is 0. The molecule has 0 aromatic rings. The molecule has 0 radical (unpaired) electrons. The van der Waals surface area contributed by atoms with Gasteiger partial charge in [-0.05, 0) is 13.3 Å². The molecule has 1 rings (SSSR count). The van der Waals surface area contributed by atoms with Crippen molar-refractivity contribution in [3.8, 4) is 0 Å². The van der Waals surface area contributed by atoms with Crippen molar-refractivity contribution >= 4 is 12.1 Å². The van der Waals surface area contributed by atoms with Crippen molar-refractivity contribution in [1.29, 1.82) is 0 Å². The molecule has 0 saturated carbocycles. The van der Waals surface area contributed by atoms with Crippen LogP contribution in [0.15, 0.2) is 0 Å². The largest absolute Gasteiger partial charge is 0.466 e. The first-order chi connectivity index (χ1) is 6.61. The van der Waals surface area contributed by atoms with Gasteiger partial charge in [0.2, 0.25) is 0 Å². The Labute approximate surface area is 83.0 Å². The molecule has 1 atom stereocenters. The summed E-state index contributed by atoms with van der Waals surface area (Å²) in [7, 11) is 0. The van der Waals surface area contributed by atoms with E-state index in [4.69, 9.17) is 9.47 Å². The molecule has 5 nitrogen and oxygen atoms in total. The minimum atomic E-state index is -0.290. The van der Waals surface area contributed by atoms with Gasteiger partial charge in [-0.15, -0.1) is 0 Å². The molecule has 0 bridgehead atoms. The fourth-order valence-corrected chi connectivity index (χ4v) is 1.31. The van der Waals surface area contributed by atoms with Gasteiger partial charge in [0.15, 0.2) is 0 Å². The molecule has 14 heavy (non-hydrogen) atoms. The van der Waals surface area contributed by atoms with Gasteiger partial charge in [-0.2, -0.15) is 0 Å². The molecule has 1 saturated heterocycles. The van der Waals surface area contributed by atoms with E-state index in [-0.39, 0.29) is 18.1 Å². The molecular weight excluding hydrogens is 186 g/mol. The average Bonchev–Trinajstić information content (AvgIpc) is 2.42. The van der Waals surface area contributed by atoms with Crippen molar-refractivity contribution < 1.29 is 19.1 Å². The van der Waals surface area contributed by atoms with Crippen molar-refractivity contribution in [2.75, 3.05) is 19.8 Å². The Kier molecular flexibility index (Phi) is 3.73. The summed E-state index contributed by atoms with van der Waals surface area (Å²) in [6.45, 7) is 4.68. The van der Waals surface area contributed by atoms with E-state index in [1.54, 1.807) is 4.90 Å². The molecular formula is C9H15NO4. The van der Waals surface area contributed by atoms with Gasteiger partial charge >= 0.3 is 12.1 Å². The Morgan fingerprint density at radius 3 is 2.93 bits per heavy atom. The van der Waals surface area contributed by atoms with Gasteiger partial charge < -0.3 is 14.4 Å². The number of rotatable bonds is 4. The summed E-state index contributed by atoms with van der Waals surface area (Å²) in [6.07, 6.45) is 0.374. The van der Waals surface area contributed by atoms with Crippen molar-refractivity contribution in [1.82, 2.24) is 4.90 Å². The average molecular weight is 201 g/mol. The topological polar surface area (TPSA) is 55.8 Å². The molecule has 1 fully saturated rings. The monoisotopic (exact) mass is 201 g/mol. The smallest absolute Gasteiger partial charge is 0.410 e. The quantitative estimate of drug-likeness (QED) is 0.498. The first-order valence-electron chi connectivity index (χ1n) is 4.68. The molecule has 0 aromatic carbocycles. The molecule has 0 aliphatic carbocycles. The zero-order valence-corrected chi connectivity index (χ0v) is 8.49. The third kappa shape index (κ3) is 2.90. The number of cyclic esters (lactones) is 1. The van der Waals surface area contributed by atoms with Crippen LogP contribution in [0.25, 0.3) is 0 Å². The van der Waals surface area contributed by atoms with Crippen LogP contribution in [0.1, 0.15) is 20.3 Å². The number of nitrogens with zero attached hydrogens (tertiary/aromatic N) is 1. The summed E-state index contributed by atoms with van der Waals surface area (Å²) in [4.78, 5) is 23.2. The molecule has 1 aliphatic rings. The molecule has 5 heteroatoms. The lowest BCUT2D eigenvalue weighted by Gasteiger charge is -2.17. The molecule has 0 spiro atoms. The SMILES string of the molecule is CC(=O)OCCCN1C(=O)OCC1C. The fourth-order valence-electron chi connectivity index (χ4n) is 1.31. The standard InChI is InChI=1S/C9H15NO4/c1-7-6-14-9(12)10(7)4-3-5-13-8(2)11/h7H,3-6H2,1-2H3. The highest BCUT2D eigenvalue weighted by Gasteiger charge is 2.28. The molecule has 0 aromatic heterocycles. The summed E-state index contributed by atoms with van der Waals surface area (Å²) < 4.78 is 9.59. The number of esters is 1. The predicted molar refractivity (Wildman–Crippen MR) is 48.8 cm³/mol. The zero-order chi connectivity index (χ0) is 10.6. The maximum atomic E-state index is 11.1. The van der Waals surface area contributed by atoms with Crippen LogP contribution in [0.4, 0.5) is 4.79 Å². The van der Waals surface area contributed by atoms with Crippen LogP contribution in [-0.2, 0) is 14.3 Å². The molecule has 0 N–H and O–H groups in total. The molecule has 80 valence electrons. The van der Waals surface area contributed by atoms with Gasteiger partial charge in [0.25, 0.3) is 0 Å². The number of ether oxygens (including phenoxy) is 2. The van der Waals surface area contributed by atoms with E-state index < -0.39 is 0 Å². The Morgan fingerprint density at radius 1 is 1.71 bits per heavy atom. The summed E-state index contributed by atoms with van der Waals surface area (Å²) in [6, 6.07) is 0.125. The van der Waals surface area contributed by atoms with E-state index in [2.05, 4.69) is 0 Å². The molecule has 1 aliphatic heterocycles. The van der Waals surface area contributed by atoms with Gasteiger partial charge in [-0.25, -0.2) is 4.79 Å². The third-order valence-corrected chi connectivity index (χ3v) is 2.06. The lowest BCUT2D eigenvalue weighted by molar-refractivity contribution is -0.141. The van der Waals surface area contributed by atoms with Crippen molar-refractivity contribution in [3.05, 3.63) is 0 Å². The van der Waals surface area contributed by atoms with Gasteiger partial charge in [0, 0.05) is 13.5 Å². The second-order valence-corrected chi connectivity index (χ2v) is 3.31. The van der Waals surface area contributed by atoms with Crippen molar-refractivity contribution in [3.63, 3.8) is 0 Å². The third-order valence-electron chi connectivity index (χ3n) is 2.06. The Bertz CT molecular complexity index is 229. The highest BCUT2D eigenvalue weighted by Crippen LogP contribution is 2.11. The normalized spacial score (nSPS) is 20.9. The van der Waals surface area contributed by atoms with E-state index >= 15 is 0 Å². The maximum absolute atomic E-state index is 11.1. The Morgan fingerprint density at radius 2 is 2.43 bits per heavy atom. The van der Waals surface area contributed by atoms with Crippen molar-refractivity contribution in [2.45, 2.75) is 26.3 Å². The van der Waals surface area contributed by atoms with Crippen LogP contribution < -0.4 is 0 Å². The molecule has 1 heterocycles. The summed E-state index contributed by atoms with van der Waals surface area (Å²) in [5.74, 6) is -0.290. The van der Waals surface area contributed by atoms with Gasteiger partial charge in [-0.1, -0.05) is 0 Å². The lowest BCUT2D eigenvalue weighted by atomic mass is 10.3. The van der Waals surface area contributed by atoms with E-state index in [0.717, 1.165) is 0 Å². The molecule has 1 amide bonds. The molecule has 1 unspecified atom stereocenters. The zero-order valence-electron chi connectivity index (χ0n) is 8.49. The van der Waals surface area contributed by atoms with E-state index in [1.807, 2.05) is 6.92 Å². The fraction of sp³-hybridized carbons (Fsp3) is 0.778. The lowest BCUT2D eigenvalue weighted by Crippen LogP contribution is -2.32. The van der Waals surface area contributed by atoms with E-state index in [9.17, 15) is 9.59 Å². The number of hydrogen-bond acceptors (Lipinski definition) is 4. The van der Waals surface area contributed by atoms with E-state index in [1.165, 1.54) is 6.92 Å². The van der Waals surface area contributed by atoms with Crippen LogP contribution in [0.5, 0.6) is 0 Å². The number of amides is 1. The highest BCUT2D eigenvalue weighted by atomic mass is 16.6. The Hall–Kier alpha value is -1.26. The van der Waals surface area contributed by atoms with Crippen LogP contribution in [0.3, 0.4) is 0 Å². The maximum Gasteiger partial charge on any atom is 0.410 e. The second kappa shape index (κ2) is 4.83. The minimum absolute atomic E-state index is 0.125. The van der Waals surface area contributed by atoms with Gasteiger partial charge in [0.05, 0.1) is 12.6 Å². The first kappa shape index (κ1) is 10.8. The number of carbonyl (C=O) groups is 2. The van der Waals surface area contributed by atoms with Gasteiger partial charge in [-0.3, -0.25) is 4.79 Å².